The largest absolute Gasteiger partial charge is 0.445 e. The molecule has 1 heterocycles. The van der Waals surface area contributed by atoms with Crippen molar-refractivity contribution in [3.8, 4) is 0 Å². The maximum Gasteiger partial charge on any atom is 0.218 e. The van der Waals surface area contributed by atoms with Crippen molar-refractivity contribution < 1.29 is 4.42 Å². The van der Waals surface area contributed by atoms with Crippen molar-refractivity contribution in [3.63, 3.8) is 0 Å². The summed E-state index contributed by atoms with van der Waals surface area (Å²) in [7, 11) is 0. The van der Waals surface area contributed by atoms with E-state index in [1.165, 1.54) is 0 Å². The van der Waals surface area contributed by atoms with Gasteiger partial charge in [0.05, 0.1) is 6.20 Å². The number of aromatic nitrogens is 1. The van der Waals surface area contributed by atoms with Crippen LogP contribution in [0.25, 0.3) is 12.2 Å². The van der Waals surface area contributed by atoms with Crippen LogP contribution in [0.5, 0.6) is 0 Å². The van der Waals surface area contributed by atoms with Gasteiger partial charge in [-0.15, -0.1) is 0 Å². The van der Waals surface area contributed by atoms with Crippen LogP contribution in [-0.2, 0) is 0 Å². The second-order valence-corrected chi connectivity index (χ2v) is 2.61. The SMILES string of the molecule is C(=C\c1ncco1)/c1ccccc1. The van der Waals surface area contributed by atoms with Crippen molar-refractivity contribution >= 4 is 12.2 Å². The molecule has 1 aromatic carbocycles. The van der Waals surface area contributed by atoms with Crippen LogP contribution in [-0.4, -0.2) is 4.98 Å². The Bertz CT molecular complexity index is 376. The van der Waals surface area contributed by atoms with Crippen molar-refractivity contribution in [2.45, 2.75) is 0 Å². The first-order valence-electron chi connectivity index (χ1n) is 4.08. The molecule has 13 heavy (non-hydrogen) atoms. The van der Waals surface area contributed by atoms with Crippen LogP contribution in [0.4, 0.5) is 0 Å². The zero-order valence-corrected chi connectivity index (χ0v) is 7.05. The van der Waals surface area contributed by atoms with Crippen LogP contribution in [0, 0.1) is 0 Å². The van der Waals surface area contributed by atoms with E-state index in [1.54, 1.807) is 12.5 Å². The molecule has 2 heteroatoms. The zero-order valence-electron chi connectivity index (χ0n) is 7.05. The monoisotopic (exact) mass is 171 g/mol. The van der Waals surface area contributed by atoms with E-state index in [-0.39, 0.29) is 0 Å². The lowest BCUT2D eigenvalue weighted by atomic mass is 10.2. The van der Waals surface area contributed by atoms with Gasteiger partial charge >= 0.3 is 0 Å². The molecule has 2 aromatic rings. The third kappa shape index (κ3) is 2.06. The highest BCUT2D eigenvalue weighted by Crippen LogP contribution is 2.05. The Morgan fingerprint density at radius 3 is 2.62 bits per heavy atom. The third-order valence-electron chi connectivity index (χ3n) is 1.67. The molecule has 0 amide bonds. The standard InChI is InChI=1S/C11H9NO/c1-2-4-10(5-3-1)6-7-11-12-8-9-13-11/h1-9H/b7-6+. The van der Waals surface area contributed by atoms with Crippen LogP contribution >= 0.6 is 0 Å². The number of oxazole rings is 1. The second kappa shape index (κ2) is 3.72. The molecule has 0 aliphatic rings. The molecule has 0 unspecified atom stereocenters. The molecule has 0 atom stereocenters. The summed E-state index contributed by atoms with van der Waals surface area (Å²) in [5, 5.41) is 0. The van der Waals surface area contributed by atoms with E-state index in [1.807, 2.05) is 42.5 Å². The van der Waals surface area contributed by atoms with Gasteiger partial charge in [0.2, 0.25) is 5.89 Å². The lowest BCUT2D eigenvalue weighted by Crippen LogP contribution is -1.70. The van der Waals surface area contributed by atoms with Gasteiger partial charge in [-0.05, 0) is 11.6 Å². The van der Waals surface area contributed by atoms with Crippen LogP contribution in [0.1, 0.15) is 11.5 Å². The van der Waals surface area contributed by atoms with Crippen LogP contribution < -0.4 is 0 Å². The molecule has 0 aliphatic heterocycles. The second-order valence-electron chi connectivity index (χ2n) is 2.61. The lowest BCUT2D eigenvalue weighted by molar-refractivity contribution is 0.547. The van der Waals surface area contributed by atoms with Gasteiger partial charge in [0, 0.05) is 6.08 Å². The van der Waals surface area contributed by atoms with Gasteiger partial charge in [0.15, 0.2) is 0 Å². The molecule has 1 aromatic heterocycles. The number of benzene rings is 1. The summed E-state index contributed by atoms with van der Waals surface area (Å²) in [6.07, 6.45) is 7.00. The topological polar surface area (TPSA) is 26.0 Å². The van der Waals surface area contributed by atoms with Gasteiger partial charge in [0.1, 0.15) is 6.26 Å². The highest BCUT2D eigenvalue weighted by atomic mass is 16.3. The minimum absolute atomic E-state index is 0.629. The molecule has 0 fully saturated rings. The fraction of sp³-hybridized carbons (Fsp3) is 0. The smallest absolute Gasteiger partial charge is 0.218 e. The molecule has 2 rings (SSSR count). The molecular weight excluding hydrogens is 162 g/mol. The Hall–Kier alpha value is -1.83. The maximum atomic E-state index is 5.06. The van der Waals surface area contributed by atoms with Gasteiger partial charge in [-0.2, -0.15) is 0 Å². The predicted molar refractivity (Wildman–Crippen MR) is 51.9 cm³/mol. The fourth-order valence-corrected chi connectivity index (χ4v) is 1.05. The van der Waals surface area contributed by atoms with E-state index in [0.29, 0.717) is 5.89 Å². The first-order chi connectivity index (χ1) is 6.45. The first-order valence-corrected chi connectivity index (χ1v) is 4.08. The van der Waals surface area contributed by atoms with Crippen molar-refractivity contribution in [1.29, 1.82) is 0 Å². The van der Waals surface area contributed by atoms with Crippen molar-refractivity contribution in [3.05, 3.63) is 54.2 Å². The maximum absolute atomic E-state index is 5.06. The van der Waals surface area contributed by atoms with Gasteiger partial charge in [-0.1, -0.05) is 30.3 Å². The Kier molecular flexibility index (Phi) is 2.23. The molecule has 0 N–H and O–H groups in total. The van der Waals surface area contributed by atoms with E-state index in [4.69, 9.17) is 4.42 Å². The average molecular weight is 171 g/mol. The third-order valence-corrected chi connectivity index (χ3v) is 1.67. The highest BCUT2D eigenvalue weighted by Gasteiger charge is 1.88. The Morgan fingerprint density at radius 2 is 1.92 bits per heavy atom. The summed E-state index contributed by atoms with van der Waals surface area (Å²) in [6.45, 7) is 0. The van der Waals surface area contributed by atoms with E-state index in [9.17, 15) is 0 Å². The molecular formula is C11H9NO. The lowest BCUT2D eigenvalue weighted by Gasteiger charge is -1.88. The van der Waals surface area contributed by atoms with Gasteiger partial charge < -0.3 is 4.42 Å². The van der Waals surface area contributed by atoms with Crippen molar-refractivity contribution in [1.82, 2.24) is 4.98 Å². The fourth-order valence-electron chi connectivity index (χ4n) is 1.05. The molecule has 2 nitrogen and oxygen atoms in total. The summed E-state index contributed by atoms with van der Waals surface area (Å²) >= 11 is 0. The van der Waals surface area contributed by atoms with E-state index < -0.39 is 0 Å². The van der Waals surface area contributed by atoms with Crippen LogP contribution in [0.15, 0.2) is 47.2 Å². The van der Waals surface area contributed by atoms with Gasteiger partial charge in [-0.25, -0.2) is 4.98 Å². The Balaban J connectivity index is 2.15. The molecule has 0 aliphatic carbocycles. The van der Waals surface area contributed by atoms with Gasteiger partial charge in [-0.3, -0.25) is 0 Å². The summed E-state index contributed by atoms with van der Waals surface area (Å²) in [5.41, 5.74) is 1.14. The Labute approximate surface area is 76.5 Å². The van der Waals surface area contributed by atoms with E-state index in [2.05, 4.69) is 4.98 Å². The highest BCUT2D eigenvalue weighted by molar-refractivity contribution is 5.65. The number of nitrogens with zero attached hydrogens (tertiary/aromatic N) is 1. The number of hydrogen-bond acceptors (Lipinski definition) is 2. The molecule has 0 spiro atoms. The molecule has 64 valence electrons. The zero-order chi connectivity index (χ0) is 8.93. The number of rotatable bonds is 2. The summed E-state index contributed by atoms with van der Waals surface area (Å²) in [6, 6.07) is 10.0. The van der Waals surface area contributed by atoms with Crippen molar-refractivity contribution in [2.24, 2.45) is 0 Å². The normalized spacial score (nSPS) is 10.8. The van der Waals surface area contributed by atoms with E-state index >= 15 is 0 Å². The minimum atomic E-state index is 0.629. The van der Waals surface area contributed by atoms with E-state index in [0.717, 1.165) is 5.56 Å². The first kappa shape index (κ1) is 7.80. The minimum Gasteiger partial charge on any atom is -0.445 e. The van der Waals surface area contributed by atoms with Gasteiger partial charge in [0.25, 0.3) is 0 Å². The van der Waals surface area contributed by atoms with Crippen molar-refractivity contribution in [2.75, 3.05) is 0 Å². The predicted octanol–water partition coefficient (Wildman–Crippen LogP) is 2.85. The molecule has 0 saturated carbocycles. The van der Waals surface area contributed by atoms with Crippen LogP contribution in [0.3, 0.4) is 0 Å². The molecule has 0 bridgehead atoms. The van der Waals surface area contributed by atoms with Crippen LogP contribution in [0.2, 0.25) is 0 Å². The number of hydrogen-bond donors (Lipinski definition) is 0. The summed E-state index contributed by atoms with van der Waals surface area (Å²) in [4.78, 5) is 3.98. The summed E-state index contributed by atoms with van der Waals surface area (Å²) in [5.74, 6) is 0.629. The Morgan fingerprint density at radius 1 is 1.08 bits per heavy atom. The molecule has 0 saturated heterocycles. The quantitative estimate of drug-likeness (QED) is 0.694. The average Bonchev–Trinajstić information content (AvgIpc) is 2.69. The molecule has 0 radical (unpaired) electrons. The summed E-state index contributed by atoms with van der Waals surface area (Å²) < 4.78 is 5.06.